The van der Waals surface area contributed by atoms with E-state index >= 15 is 0 Å². The second-order valence-electron chi connectivity index (χ2n) is 44.8. The van der Waals surface area contributed by atoms with Crippen LogP contribution in [0.15, 0.2) is 0 Å². The number of carbonyl (C=O) groups excluding carboxylic acids is 8. The third kappa shape index (κ3) is 33.1. The van der Waals surface area contributed by atoms with Crippen LogP contribution in [-0.2, 0) is 43.0 Å². The minimum atomic E-state index is -2.61. The summed E-state index contributed by atoms with van der Waals surface area (Å²) < 4.78 is 37.0. The third-order valence-corrected chi connectivity index (χ3v) is 31.9. The Balaban J connectivity index is 0.000000198. The Hall–Kier alpha value is -4.62. The van der Waals surface area contributed by atoms with Gasteiger partial charge in [-0.05, 0) is 298 Å². The maximum Gasteiger partial charge on any atom is 0.411 e. The van der Waals surface area contributed by atoms with E-state index in [-0.39, 0.29) is 54.0 Å². The maximum atomic E-state index is 13.2. The van der Waals surface area contributed by atoms with Crippen LogP contribution in [0, 0.1) is 118 Å². The highest BCUT2D eigenvalue weighted by Gasteiger charge is 2.50. The van der Waals surface area contributed by atoms with Gasteiger partial charge in [0.2, 0.25) is 47.3 Å². The van der Waals surface area contributed by atoms with E-state index in [0.29, 0.717) is 91.2 Å². The first-order chi connectivity index (χ1) is 58.0. The molecule has 0 spiro atoms. The van der Waals surface area contributed by atoms with Gasteiger partial charge >= 0.3 is 6.09 Å². The molecule has 123 heavy (non-hydrogen) atoms. The van der Waals surface area contributed by atoms with E-state index in [4.69, 9.17) is 9.47 Å². The molecule has 13 fully saturated rings. The summed E-state index contributed by atoms with van der Waals surface area (Å²) >= 11 is 0. The zero-order valence-electron chi connectivity index (χ0n) is 82.4. The number of ether oxygens (including phenoxy) is 2. The van der Waals surface area contributed by atoms with Crippen molar-refractivity contribution in [2.24, 2.45) is 118 Å². The van der Waals surface area contributed by atoms with Gasteiger partial charge in [0.1, 0.15) is 11.1 Å². The van der Waals surface area contributed by atoms with Gasteiger partial charge in [-0.15, -0.1) is 0 Å². The van der Waals surface area contributed by atoms with Gasteiger partial charge in [-0.3, -0.25) is 38.5 Å². The normalized spacial score (nSPS) is 26.7. The molecule has 6 saturated carbocycles. The summed E-state index contributed by atoms with van der Waals surface area (Å²) in [5, 5.41) is 3.02. The molecular formula is C103H184F2N8O10. The fourth-order valence-corrected chi connectivity index (χ4v) is 22.6. The van der Waals surface area contributed by atoms with Gasteiger partial charge in [-0.2, -0.15) is 0 Å². The van der Waals surface area contributed by atoms with Crippen LogP contribution in [0.25, 0.3) is 0 Å². The molecule has 7 saturated heterocycles. The largest absolute Gasteiger partial charge is 0.444 e. The van der Waals surface area contributed by atoms with Crippen LogP contribution in [0.4, 0.5) is 13.6 Å². The number of hydrogen-bond acceptors (Lipinski definition) is 10. The molecule has 1 unspecified atom stereocenters. The SMILES string of the molecule is CC(C)C1CCC(C(=O)N2CCOCC2)CC1.CC(C)C1CCN(C(=O)C2(C)CCCC2)CC1.CC(C)C1CCN(C(=O)C2(C)CCCN2C(=O)OC(C)(C)C)CC1.CC(C)C1CCN(C(=O)C2CCCC2)CC1.CC(C)C1CCN(C(=O)C2CCCC2)CC1.CC(C)C1CCN(C(=O)[C@H]2CCC(F)(F)C2)CC1.CC(C)NC(=O)C1CCC(C(C)C)CC1. The molecule has 13 rings (SSSR count). The van der Waals surface area contributed by atoms with Gasteiger partial charge in [0.25, 0.3) is 0 Å². The molecule has 2 atom stereocenters. The van der Waals surface area contributed by atoms with Gasteiger partial charge < -0.3 is 44.2 Å². The monoisotopic (exact) mass is 1730 g/mol. The zero-order chi connectivity index (χ0) is 90.7. The van der Waals surface area contributed by atoms with E-state index in [1.165, 1.54) is 103 Å². The minimum absolute atomic E-state index is 0.0231. The predicted octanol–water partition coefficient (Wildman–Crippen LogP) is 21.9. The highest BCUT2D eigenvalue weighted by atomic mass is 19.3. The van der Waals surface area contributed by atoms with Crippen molar-refractivity contribution in [3.63, 3.8) is 0 Å². The van der Waals surface area contributed by atoms with E-state index in [0.717, 1.165) is 240 Å². The number of hydrogen-bond donors (Lipinski definition) is 1. The Kier molecular flexibility index (Phi) is 43.3. The Morgan fingerprint density at radius 3 is 0.951 bits per heavy atom. The lowest BCUT2D eigenvalue weighted by Crippen LogP contribution is -2.58. The molecule has 7 aliphatic heterocycles. The summed E-state index contributed by atoms with van der Waals surface area (Å²) in [6.07, 6.45) is 36.3. The molecule has 6 aliphatic carbocycles. The number of carbonyl (C=O) groups is 8. The van der Waals surface area contributed by atoms with E-state index in [9.17, 15) is 47.1 Å². The fourth-order valence-electron chi connectivity index (χ4n) is 22.6. The smallest absolute Gasteiger partial charge is 0.411 e. The number of alkyl halides is 2. The first-order valence-electron chi connectivity index (χ1n) is 51.0. The number of nitrogens with zero attached hydrogens (tertiary/aromatic N) is 7. The Morgan fingerprint density at radius 1 is 0.333 bits per heavy atom. The van der Waals surface area contributed by atoms with Crippen LogP contribution in [0.3, 0.4) is 0 Å². The molecule has 13 aliphatic rings. The molecule has 0 radical (unpaired) electrons. The second-order valence-corrected chi connectivity index (χ2v) is 44.8. The standard InChI is InChI=1S/C19H34N2O3.C15H27NO.C14H23F2NO.C14H25NO2.2C14H25NO.C13H25NO/c1-14(2)15-8-12-20(13-9-15)16(22)19(6)10-7-11-21(19)17(23)24-18(3,4)5;1-12(2)13-6-10-16(11-7-13)14(17)15(3)8-4-5-9-15;1-10(2)11-4-7-17(8-5-11)13(18)12-3-6-14(15,16)9-12;1-11(2)12-3-5-13(6-4-12)14(16)15-7-9-17-10-8-15;2*1-11(2)12-7-9-15(10-8-12)14(16)13-5-3-4-6-13;1-9(2)11-5-7-12(8-6-11)13(15)14-10(3)4/h14-15H,7-13H2,1-6H3;12-13H,4-11H2,1-3H3;10-12H,3-9H2,1-2H3;11-13H,3-10H2,1-2H3;2*11-13H,3-10H2,1-2H3;9-12H,5-8H2,1-4H3,(H,14,15)/t;;12-;;;;/m..0..../s1. The van der Waals surface area contributed by atoms with Gasteiger partial charge in [0.05, 0.1) is 13.2 Å². The Bertz CT molecular complexity index is 3080. The lowest BCUT2D eigenvalue weighted by molar-refractivity contribution is -0.143. The van der Waals surface area contributed by atoms with E-state index < -0.39 is 23.0 Å². The lowest BCUT2D eigenvalue weighted by atomic mass is 9.76. The first kappa shape index (κ1) is 105. The number of rotatable bonds is 15. The molecule has 0 aromatic rings. The number of morpholine rings is 1. The molecule has 0 aromatic carbocycles. The number of halogens is 2. The molecule has 7 heterocycles. The molecule has 18 nitrogen and oxygen atoms in total. The molecule has 0 bridgehead atoms. The highest BCUT2D eigenvalue weighted by Crippen LogP contribution is 2.44. The van der Waals surface area contributed by atoms with E-state index in [1.807, 2.05) is 56.2 Å². The number of likely N-dealkylation sites (tertiary alicyclic amines) is 6. The Labute approximate surface area is 749 Å². The average Bonchev–Trinajstić information content (AvgIpc) is 1.64. The minimum Gasteiger partial charge on any atom is -0.444 e. The summed E-state index contributed by atoms with van der Waals surface area (Å²) in [4.78, 5) is 113. The number of nitrogens with one attached hydrogen (secondary N) is 1. The van der Waals surface area contributed by atoms with Crippen LogP contribution < -0.4 is 5.32 Å². The van der Waals surface area contributed by atoms with Gasteiger partial charge in [0.15, 0.2) is 0 Å². The molecular weight excluding hydrogens is 1550 g/mol. The lowest BCUT2D eigenvalue weighted by Gasteiger charge is -2.41. The van der Waals surface area contributed by atoms with Crippen LogP contribution in [-0.4, -0.2) is 203 Å². The van der Waals surface area contributed by atoms with Crippen molar-refractivity contribution in [3.8, 4) is 0 Å². The van der Waals surface area contributed by atoms with Crippen molar-refractivity contribution in [1.29, 1.82) is 0 Å². The number of amides is 8. The predicted molar refractivity (Wildman–Crippen MR) is 495 cm³/mol. The zero-order valence-corrected chi connectivity index (χ0v) is 82.4. The quantitative estimate of drug-likeness (QED) is 0.165. The number of piperidine rings is 5. The molecule has 0 aromatic heterocycles. The van der Waals surface area contributed by atoms with Crippen LogP contribution in [0.5, 0.6) is 0 Å². The molecule has 1 N–H and O–H groups in total. The van der Waals surface area contributed by atoms with Crippen molar-refractivity contribution in [3.05, 3.63) is 0 Å². The van der Waals surface area contributed by atoms with Gasteiger partial charge in [-0.1, -0.05) is 142 Å². The van der Waals surface area contributed by atoms with Gasteiger partial charge in [-0.25, -0.2) is 13.6 Å². The fraction of sp³-hybridized carbons (Fsp3) is 0.922. The summed E-state index contributed by atoms with van der Waals surface area (Å²) in [6.45, 7) is 58.4. The molecule has 20 heteroatoms. The topological polar surface area (TPSA) is 190 Å². The third-order valence-electron chi connectivity index (χ3n) is 31.9. The average molecular weight is 1730 g/mol. The van der Waals surface area contributed by atoms with E-state index in [1.54, 1.807) is 4.90 Å². The van der Waals surface area contributed by atoms with Crippen LogP contribution in [0.2, 0.25) is 0 Å². The van der Waals surface area contributed by atoms with Crippen molar-refractivity contribution in [2.45, 2.75) is 393 Å². The van der Waals surface area contributed by atoms with Crippen molar-refractivity contribution < 1.29 is 56.6 Å². The summed E-state index contributed by atoms with van der Waals surface area (Å²) in [5.41, 5.74) is -1.32. The van der Waals surface area contributed by atoms with Crippen LogP contribution >= 0.6 is 0 Å². The van der Waals surface area contributed by atoms with Crippen molar-refractivity contribution in [1.82, 2.24) is 39.6 Å². The van der Waals surface area contributed by atoms with Crippen LogP contribution in [0.1, 0.15) is 370 Å². The molecule has 710 valence electrons. The summed E-state index contributed by atoms with van der Waals surface area (Å²) in [6, 6.07) is 0.278. The molecule has 8 amide bonds. The Morgan fingerprint density at radius 2 is 0.634 bits per heavy atom. The highest BCUT2D eigenvalue weighted by molar-refractivity contribution is 5.90. The van der Waals surface area contributed by atoms with Crippen molar-refractivity contribution >= 4 is 47.4 Å². The second kappa shape index (κ2) is 50.5. The van der Waals surface area contributed by atoms with Crippen molar-refractivity contribution in [2.75, 3.05) is 98.3 Å². The first-order valence-corrected chi connectivity index (χ1v) is 51.0. The van der Waals surface area contributed by atoms with Gasteiger partial charge in [0, 0.05) is 139 Å². The maximum absolute atomic E-state index is 13.2. The summed E-state index contributed by atoms with van der Waals surface area (Å²) in [5.74, 6) is 11.1. The summed E-state index contributed by atoms with van der Waals surface area (Å²) in [7, 11) is 0. The van der Waals surface area contributed by atoms with E-state index in [2.05, 4.69) is 124 Å².